The normalized spacial score (nSPS) is 11.2. The van der Waals surface area contributed by atoms with Gasteiger partial charge in [0.15, 0.2) is 0 Å². The molecule has 0 atom stereocenters. The van der Waals surface area contributed by atoms with E-state index in [-0.39, 0.29) is 5.56 Å². The van der Waals surface area contributed by atoms with Crippen LogP contribution in [0.25, 0.3) is 16.6 Å². The number of rotatable bonds is 7. The molecule has 0 saturated heterocycles. The van der Waals surface area contributed by atoms with E-state index in [1.165, 1.54) is 0 Å². The molecule has 5 heteroatoms. The summed E-state index contributed by atoms with van der Waals surface area (Å²) >= 11 is 0. The molecule has 0 spiro atoms. The van der Waals surface area contributed by atoms with Gasteiger partial charge in [-0.1, -0.05) is 32.0 Å². The van der Waals surface area contributed by atoms with Crippen LogP contribution in [0.4, 0.5) is 0 Å². The van der Waals surface area contributed by atoms with Crippen LogP contribution in [0.3, 0.4) is 0 Å². The number of para-hydroxylation sites is 1. The molecule has 0 N–H and O–H groups in total. The minimum Gasteiger partial charge on any atom is -0.492 e. The van der Waals surface area contributed by atoms with E-state index in [1.807, 2.05) is 55.5 Å². The van der Waals surface area contributed by atoms with Crippen molar-refractivity contribution in [3.05, 3.63) is 64.7 Å². The Bertz CT molecular complexity index is 945. The molecule has 1 heterocycles. The van der Waals surface area contributed by atoms with Gasteiger partial charge in [-0.25, -0.2) is 4.98 Å². The Morgan fingerprint density at radius 3 is 2.62 bits per heavy atom. The van der Waals surface area contributed by atoms with Crippen molar-refractivity contribution in [2.24, 2.45) is 0 Å². The largest absolute Gasteiger partial charge is 0.492 e. The van der Waals surface area contributed by atoms with Crippen LogP contribution in [-0.4, -0.2) is 40.7 Å². The second kappa shape index (κ2) is 8.15. The lowest BCUT2D eigenvalue weighted by Gasteiger charge is -2.18. The second-order valence-corrected chi connectivity index (χ2v) is 6.19. The van der Waals surface area contributed by atoms with Gasteiger partial charge in [-0.15, -0.1) is 0 Å². The van der Waals surface area contributed by atoms with Crippen molar-refractivity contribution in [2.45, 2.75) is 20.8 Å². The maximum absolute atomic E-state index is 12.9. The van der Waals surface area contributed by atoms with Crippen molar-refractivity contribution < 1.29 is 4.74 Å². The zero-order valence-electron chi connectivity index (χ0n) is 15.6. The first kappa shape index (κ1) is 18.1. The molecule has 0 radical (unpaired) electrons. The minimum absolute atomic E-state index is 0.0617. The topological polar surface area (TPSA) is 47.4 Å². The fraction of sp³-hybridized carbons (Fsp3) is 0.333. The molecule has 0 bridgehead atoms. The third-order valence-corrected chi connectivity index (χ3v) is 4.59. The number of ether oxygens (including phenoxy) is 1. The molecular formula is C21H25N3O2. The van der Waals surface area contributed by atoms with Crippen LogP contribution in [-0.2, 0) is 0 Å². The highest BCUT2D eigenvalue weighted by atomic mass is 16.5. The third kappa shape index (κ3) is 3.78. The zero-order valence-corrected chi connectivity index (χ0v) is 15.6. The van der Waals surface area contributed by atoms with Gasteiger partial charge in [0, 0.05) is 12.6 Å². The predicted octanol–water partition coefficient (Wildman–Crippen LogP) is 3.41. The first-order chi connectivity index (χ1) is 12.6. The number of aryl methyl sites for hydroxylation is 1. The van der Waals surface area contributed by atoms with Gasteiger partial charge in [0.2, 0.25) is 0 Å². The van der Waals surface area contributed by atoms with Gasteiger partial charge in [-0.2, -0.15) is 0 Å². The van der Waals surface area contributed by atoms with E-state index in [4.69, 9.17) is 4.74 Å². The summed E-state index contributed by atoms with van der Waals surface area (Å²) in [4.78, 5) is 19.8. The summed E-state index contributed by atoms with van der Waals surface area (Å²) in [6, 6.07) is 15.0. The highest BCUT2D eigenvalue weighted by Crippen LogP contribution is 2.18. The highest BCUT2D eigenvalue weighted by Gasteiger charge is 2.10. The standard InChI is InChI=1S/C21H25N3O2/c1-4-23(5-2)13-14-26-18-10-8-9-17(15-18)24-16(3)22-20-12-7-6-11-19(20)21(24)25/h6-12,15H,4-5,13-14H2,1-3H3. The molecule has 26 heavy (non-hydrogen) atoms. The van der Waals surface area contributed by atoms with E-state index in [2.05, 4.69) is 23.7 Å². The molecule has 5 nitrogen and oxygen atoms in total. The Morgan fingerprint density at radius 1 is 1.08 bits per heavy atom. The van der Waals surface area contributed by atoms with Crippen LogP contribution in [0.2, 0.25) is 0 Å². The van der Waals surface area contributed by atoms with E-state index in [1.54, 1.807) is 4.57 Å². The van der Waals surface area contributed by atoms with Crippen molar-refractivity contribution in [3.63, 3.8) is 0 Å². The predicted molar refractivity (Wildman–Crippen MR) is 105 cm³/mol. The number of hydrogen-bond acceptors (Lipinski definition) is 4. The van der Waals surface area contributed by atoms with Gasteiger partial charge in [0.05, 0.1) is 16.6 Å². The van der Waals surface area contributed by atoms with Crippen LogP contribution in [0.5, 0.6) is 5.75 Å². The average molecular weight is 351 g/mol. The summed E-state index contributed by atoms with van der Waals surface area (Å²) in [5.74, 6) is 1.42. The van der Waals surface area contributed by atoms with Crippen molar-refractivity contribution >= 4 is 10.9 Å². The van der Waals surface area contributed by atoms with Gasteiger partial charge in [-0.05, 0) is 44.3 Å². The van der Waals surface area contributed by atoms with Crippen LogP contribution in [0, 0.1) is 6.92 Å². The Morgan fingerprint density at radius 2 is 1.85 bits per heavy atom. The smallest absolute Gasteiger partial charge is 0.265 e. The molecule has 0 aliphatic heterocycles. The maximum Gasteiger partial charge on any atom is 0.265 e. The van der Waals surface area contributed by atoms with E-state index >= 15 is 0 Å². The first-order valence-corrected chi connectivity index (χ1v) is 9.08. The van der Waals surface area contributed by atoms with Gasteiger partial charge < -0.3 is 9.64 Å². The van der Waals surface area contributed by atoms with Crippen molar-refractivity contribution in [2.75, 3.05) is 26.2 Å². The SMILES string of the molecule is CCN(CC)CCOc1cccc(-n2c(C)nc3ccccc3c2=O)c1. The van der Waals surface area contributed by atoms with Crippen LogP contribution in [0.15, 0.2) is 53.3 Å². The van der Waals surface area contributed by atoms with E-state index in [0.717, 1.165) is 36.6 Å². The molecular weight excluding hydrogens is 326 g/mol. The molecule has 0 amide bonds. The molecule has 3 rings (SSSR count). The Hall–Kier alpha value is -2.66. The fourth-order valence-electron chi connectivity index (χ4n) is 3.09. The summed E-state index contributed by atoms with van der Waals surface area (Å²) in [6.45, 7) is 9.66. The minimum atomic E-state index is -0.0617. The first-order valence-electron chi connectivity index (χ1n) is 9.08. The Labute approximate surface area is 153 Å². The molecule has 0 fully saturated rings. The lowest BCUT2D eigenvalue weighted by Crippen LogP contribution is -2.28. The van der Waals surface area contributed by atoms with Crippen LogP contribution in [0.1, 0.15) is 19.7 Å². The number of fused-ring (bicyclic) bond motifs is 1. The summed E-state index contributed by atoms with van der Waals surface area (Å²) in [6.07, 6.45) is 0. The molecule has 0 aliphatic rings. The van der Waals surface area contributed by atoms with E-state index in [9.17, 15) is 4.79 Å². The van der Waals surface area contributed by atoms with Crippen molar-refractivity contribution in [1.29, 1.82) is 0 Å². The monoisotopic (exact) mass is 351 g/mol. The van der Waals surface area contributed by atoms with Crippen LogP contribution < -0.4 is 10.3 Å². The number of hydrogen-bond donors (Lipinski definition) is 0. The summed E-state index contributed by atoms with van der Waals surface area (Å²) in [5, 5.41) is 0.617. The molecule has 136 valence electrons. The summed E-state index contributed by atoms with van der Waals surface area (Å²) < 4.78 is 7.53. The second-order valence-electron chi connectivity index (χ2n) is 6.19. The van der Waals surface area contributed by atoms with Gasteiger partial charge >= 0.3 is 0 Å². The number of benzene rings is 2. The number of nitrogens with zero attached hydrogens (tertiary/aromatic N) is 3. The van der Waals surface area contributed by atoms with Gasteiger partial charge in [-0.3, -0.25) is 9.36 Å². The zero-order chi connectivity index (χ0) is 18.5. The van der Waals surface area contributed by atoms with E-state index < -0.39 is 0 Å². The average Bonchev–Trinajstić information content (AvgIpc) is 2.66. The van der Waals surface area contributed by atoms with E-state index in [0.29, 0.717) is 17.8 Å². The lowest BCUT2D eigenvalue weighted by molar-refractivity contribution is 0.223. The van der Waals surface area contributed by atoms with Crippen molar-refractivity contribution in [3.8, 4) is 11.4 Å². The van der Waals surface area contributed by atoms with Gasteiger partial charge in [0.1, 0.15) is 18.2 Å². The highest BCUT2D eigenvalue weighted by molar-refractivity contribution is 5.77. The lowest BCUT2D eigenvalue weighted by atomic mass is 10.2. The molecule has 3 aromatic rings. The Kier molecular flexibility index (Phi) is 5.68. The van der Waals surface area contributed by atoms with Crippen molar-refractivity contribution in [1.82, 2.24) is 14.5 Å². The van der Waals surface area contributed by atoms with Gasteiger partial charge in [0.25, 0.3) is 5.56 Å². The molecule has 1 aromatic heterocycles. The molecule has 0 aliphatic carbocycles. The quantitative estimate of drug-likeness (QED) is 0.654. The molecule has 0 saturated carbocycles. The third-order valence-electron chi connectivity index (χ3n) is 4.59. The summed E-state index contributed by atoms with van der Waals surface area (Å²) in [7, 11) is 0. The number of likely N-dealkylation sites (N-methyl/N-ethyl adjacent to an activating group) is 1. The fourth-order valence-corrected chi connectivity index (χ4v) is 3.09. The molecule has 2 aromatic carbocycles. The molecule has 0 unspecified atom stereocenters. The number of aromatic nitrogens is 2. The maximum atomic E-state index is 12.9. The Balaban J connectivity index is 1.89. The summed E-state index contributed by atoms with van der Waals surface area (Å²) in [5.41, 5.74) is 1.43. The van der Waals surface area contributed by atoms with Crippen LogP contribution >= 0.6 is 0 Å².